The second kappa shape index (κ2) is 9.53. The van der Waals surface area contributed by atoms with Gasteiger partial charge in [-0.15, -0.1) is 0 Å². The molecule has 1 aliphatic carbocycles. The van der Waals surface area contributed by atoms with Gasteiger partial charge >= 0.3 is 5.69 Å². The summed E-state index contributed by atoms with van der Waals surface area (Å²) in [5.41, 5.74) is 0.766. The van der Waals surface area contributed by atoms with Gasteiger partial charge in [0.15, 0.2) is 11.2 Å². The minimum absolute atomic E-state index is 0.151. The van der Waals surface area contributed by atoms with Gasteiger partial charge in [0.25, 0.3) is 5.56 Å². The number of carbonyl (C=O) groups excluding carboxylic acids is 1. The largest absolute Gasteiger partial charge is 0.339 e. The Bertz CT molecular complexity index is 1380. The van der Waals surface area contributed by atoms with E-state index < -0.39 is 5.69 Å². The lowest BCUT2D eigenvalue weighted by atomic mass is 9.88. The van der Waals surface area contributed by atoms with E-state index in [1.54, 1.807) is 7.05 Å². The van der Waals surface area contributed by atoms with E-state index in [0.29, 0.717) is 54.9 Å². The first kappa shape index (κ1) is 23.7. The Morgan fingerprint density at radius 1 is 1.00 bits per heavy atom. The summed E-state index contributed by atoms with van der Waals surface area (Å²) in [6.07, 6.45) is 5.47. The first-order valence-electron chi connectivity index (χ1n) is 12.3. The number of anilines is 1. The maximum atomic E-state index is 13.2. The van der Waals surface area contributed by atoms with Gasteiger partial charge in [0.05, 0.1) is 6.54 Å². The van der Waals surface area contributed by atoms with Crippen LogP contribution in [-0.2, 0) is 25.4 Å². The van der Waals surface area contributed by atoms with Crippen LogP contribution in [0.15, 0.2) is 33.9 Å². The van der Waals surface area contributed by atoms with Crippen LogP contribution < -0.4 is 16.1 Å². The fourth-order valence-electron chi connectivity index (χ4n) is 5.36. The van der Waals surface area contributed by atoms with E-state index in [0.717, 1.165) is 35.8 Å². The number of hydrogen-bond donors (Lipinski definition) is 0. The van der Waals surface area contributed by atoms with Gasteiger partial charge in [0, 0.05) is 51.2 Å². The summed E-state index contributed by atoms with van der Waals surface area (Å²) in [5, 5.41) is 0.602. The van der Waals surface area contributed by atoms with Crippen molar-refractivity contribution in [3.05, 3.63) is 55.7 Å². The predicted molar refractivity (Wildman–Crippen MR) is 136 cm³/mol. The van der Waals surface area contributed by atoms with Gasteiger partial charge in [-0.2, -0.15) is 4.98 Å². The smallest absolute Gasteiger partial charge is 0.332 e. The minimum atomic E-state index is -0.417. The summed E-state index contributed by atoms with van der Waals surface area (Å²) in [5.74, 6) is 1.03. The number of halogens is 1. The van der Waals surface area contributed by atoms with Crippen molar-refractivity contribution in [2.45, 2.75) is 38.6 Å². The molecule has 0 atom stereocenters. The average Bonchev–Trinajstić information content (AvgIpc) is 3.27. The molecule has 1 saturated heterocycles. The number of benzene rings is 1. The van der Waals surface area contributed by atoms with Crippen molar-refractivity contribution in [1.29, 1.82) is 0 Å². The van der Waals surface area contributed by atoms with Crippen molar-refractivity contribution < 1.29 is 4.79 Å². The summed E-state index contributed by atoms with van der Waals surface area (Å²) in [6, 6.07) is 7.51. The highest BCUT2D eigenvalue weighted by Crippen LogP contribution is 2.28. The molecule has 35 heavy (non-hydrogen) atoms. The lowest BCUT2D eigenvalue weighted by Gasteiger charge is -2.37. The molecule has 0 unspecified atom stereocenters. The fourth-order valence-corrected chi connectivity index (χ4v) is 5.55. The molecule has 3 aromatic rings. The molecular weight excluding hydrogens is 468 g/mol. The topological polar surface area (TPSA) is 85.4 Å². The molecule has 2 aromatic heterocycles. The molecule has 1 amide bonds. The van der Waals surface area contributed by atoms with Crippen molar-refractivity contribution in [3.8, 4) is 0 Å². The van der Waals surface area contributed by atoms with Gasteiger partial charge in [-0.3, -0.25) is 23.3 Å². The number of fused-ring (bicyclic) bond motifs is 1. The van der Waals surface area contributed by atoms with Gasteiger partial charge in [-0.25, -0.2) is 4.79 Å². The molecule has 0 bridgehead atoms. The lowest BCUT2D eigenvalue weighted by molar-refractivity contribution is -0.136. The standard InChI is InChI=1S/C25H31ClN6O3/c1-28-21-20(23(34)29(2)25(28)35)32(16-18-10-6-7-11-19(18)26)24(27-21)31-14-12-30(13-15-31)22(33)17-8-4-3-5-9-17/h6-7,10-11,17H,3-5,8-9,12-16H2,1-2H3. The van der Waals surface area contributed by atoms with E-state index >= 15 is 0 Å². The van der Waals surface area contributed by atoms with Crippen molar-refractivity contribution in [3.63, 3.8) is 0 Å². The van der Waals surface area contributed by atoms with E-state index in [9.17, 15) is 14.4 Å². The average molecular weight is 499 g/mol. The number of rotatable bonds is 4. The molecule has 1 aliphatic heterocycles. The number of aryl methyl sites for hydroxylation is 1. The zero-order valence-electron chi connectivity index (χ0n) is 20.2. The van der Waals surface area contributed by atoms with Gasteiger partial charge in [0.2, 0.25) is 11.9 Å². The normalized spacial score (nSPS) is 17.3. The molecule has 1 aromatic carbocycles. The summed E-state index contributed by atoms with van der Waals surface area (Å²) in [4.78, 5) is 47.7. The molecule has 5 rings (SSSR count). The molecular formula is C25H31ClN6O3. The van der Waals surface area contributed by atoms with Crippen molar-refractivity contribution in [1.82, 2.24) is 23.6 Å². The zero-order chi connectivity index (χ0) is 24.7. The molecule has 1 saturated carbocycles. The monoisotopic (exact) mass is 498 g/mol. The molecule has 186 valence electrons. The van der Waals surface area contributed by atoms with Crippen molar-refractivity contribution >= 4 is 34.6 Å². The van der Waals surface area contributed by atoms with Gasteiger partial charge in [-0.1, -0.05) is 49.1 Å². The number of hydrogen-bond acceptors (Lipinski definition) is 5. The predicted octanol–water partition coefficient (Wildman–Crippen LogP) is 2.36. The maximum absolute atomic E-state index is 13.2. The van der Waals surface area contributed by atoms with E-state index in [1.165, 1.54) is 18.0 Å². The van der Waals surface area contributed by atoms with Crippen LogP contribution >= 0.6 is 11.6 Å². The molecule has 0 N–H and O–H groups in total. The van der Waals surface area contributed by atoms with Gasteiger partial charge in [-0.05, 0) is 24.5 Å². The highest BCUT2D eigenvalue weighted by molar-refractivity contribution is 6.31. The van der Waals surface area contributed by atoms with Crippen LogP contribution in [-0.4, -0.2) is 55.7 Å². The van der Waals surface area contributed by atoms with E-state index in [1.807, 2.05) is 33.7 Å². The van der Waals surface area contributed by atoms with Gasteiger partial charge < -0.3 is 9.80 Å². The molecule has 10 heteroatoms. The second-order valence-corrected chi connectivity index (χ2v) is 10.0. The second-order valence-electron chi connectivity index (χ2n) is 9.61. The van der Waals surface area contributed by atoms with Crippen molar-refractivity contribution in [2.24, 2.45) is 20.0 Å². The van der Waals surface area contributed by atoms with Crippen LogP contribution in [0, 0.1) is 5.92 Å². The van der Waals surface area contributed by atoms with E-state index in [4.69, 9.17) is 16.6 Å². The van der Waals surface area contributed by atoms with Crippen molar-refractivity contribution in [2.75, 3.05) is 31.1 Å². The molecule has 0 spiro atoms. The number of amides is 1. The Morgan fingerprint density at radius 3 is 2.37 bits per heavy atom. The fraction of sp³-hybridized carbons (Fsp3) is 0.520. The van der Waals surface area contributed by atoms with Crippen LogP contribution in [0.2, 0.25) is 5.02 Å². The Balaban J connectivity index is 1.50. The SMILES string of the molecule is Cn1c(=O)c2c(nc(N3CCN(C(=O)C4CCCCC4)CC3)n2Cc2ccccc2Cl)n(C)c1=O. The van der Waals surface area contributed by atoms with E-state index in [2.05, 4.69) is 4.90 Å². The van der Waals surface area contributed by atoms with Crippen LogP contribution in [0.25, 0.3) is 11.2 Å². The molecule has 2 fully saturated rings. The summed E-state index contributed by atoms with van der Waals surface area (Å²) in [7, 11) is 3.10. The quantitative estimate of drug-likeness (QED) is 0.551. The highest BCUT2D eigenvalue weighted by atomic mass is 35.5. The Hall–Kier alpha value is -3.07. The third kappa shape index (κ3) is 4.26. The molecule has 3 heterocycles. The van der Waals surface area contributed by atoms with Crippen LogP contribution in [0.5, 0.6) is 0 Å². The highest BCUT2D eigenvalue weighted by Gasteiger charge is 2.31. The van der Waals surface area contributed by atoms with Crippen LogP contribution in [0.3, 0.4) is 0 Å². The Kier molecular flexibility index (Phi) is 6.44. The molecule has 2 aliphatic rings. The number of nitrogens with zero attached hydrogens (tertiary/aromatic N) is 6. The first-order chi connectivity index (χ1) is 16.9. The summed E-state index contributed by atoms with van der Waals surface area (Å²) < 4.78 is 4.38. The zero-order valence-corrected chi connectivity index (χ0v) is 21.0. The molecule has 0 radical (unpaired) electrons. The third-order valence-corrected chi connectivity index (χ3v) is 7.81. The van der Waals surface area contributed by atoms with Crippen LogP contribution in [0.4, 0.5) is 5.95 Å². The number of aromatic nitrogens is 4. The number of carbonyl (C=O) groups is 1. The maximum Gasteiger partial charge on any atom is 0.332 e. The van der Waals surface area contributed by atoms with E-state index in [-0.39, 0.29) is 17.4 Å². The summed E-state index contributed by atoms with van der Waals surface area (Å²) in [6.45, 7) is 2.79. The Morgan fingerprint density at radius 2 is 1.69 bits per heavy atom. The number of piperazine rings is 1. The Labute approximate surface area is 208 Å². The minimum Gasteiger partial charge on any atom is -0.339 e. The van der Waals surface area contributed by atoms with Crippen LogP contribution in [0.1, 0.15) is 37.7 Å². The first-order valence-corrected chi connectivity index (χ1v) is 12.7. The third-order valence-electron chi connectivity index (χ3n) is 7.44. The van der Waals surface area contributed by atoms with Gasteiger partial charge in [0.1, 0.15) is 0 Å². The lowest BCUT2D eigenvalue weighted by Crippen LogP contribution is -2.51. The molecule has 9 nitrogen and oxygen atoms in total. The summed E-state index contributed by atoms with van der Waals surface area (Å²) >= 11 is 6.46. The number of imidazole rings is 1.